The van der Waals surface area contributed by atoms with Crippen LogP contribution in [0, 0.1) is 0 Å². The molecule has 1 unspecified atom stereocenters. The van der Waals surface area contributed by atoms with Crippen LogP contribution < -0.4 is 21.4 Å². The minimum atomic E-state index is -1.51. The Bertz CT molecular complexity index is 1180. The van der Waals surface area contributed by atoms with Gasteiger partial charge in [0, 0.05) is 29.9 Å². The zero-order valence-electron chi connectivity index (χ0n) is 19.0. The summed E-state index contributed by atoms with van der Waals surface area (Å²) in [7, 11) is -1.51. The maximum Gasteiger partial charge on any atom is 0.488 e. The van der Waals surface area contributed by atoms with Crippen molar-refractivity contribution in [3.05, 3.63) is 70.9 Å². The highest BCUT2D eigenvalue weighted by Gasteiger charge is 2.32. The molecule has 4 rings (SSSR count). The lowest BCUT2D eigenvalue weighted by Gasteiger charge is -2.24. The van der Waals surface area contributed by atoms with E-state index in [4.69, 9.17) is 15.7 Å². The number of benzene rings is 2. The molecule has 0 spiro atoms. The summed E-state index contributed by atoms with van der Waals surface area (Å²) in [4.78, 5) is 23.6. The van der Waals surface area contributed by atoms with E-state index in [1.165, 1.54) is 0 Å². The summed E-state index contributed by atoms with van der Waals surface area (Å²) in [5, 5.41) is 22.2. The number of hydrogen-bond donors (Lipinski definition) is 4. The Balaban J connectivity index is 1.68. The Morgan fingerprint density at radius 2 is 1.97 bits per heavy atom. The number of aromatic nitrogens is 2. The molecule has 2 heterocycles. The van der Waals surface area contributed by atoms with Gasteiger partial charge in [0.25, 0.3) is 0 Å². The first-order valence-electron chi connectivity index (χ1n) is 11.0. The summed E-state index contributed by atoms with van der Waals surface area (Å²) in [6, 6.07) is 14.7. The molecule has 5 N–H and O–H groups in total. The van der Waals surface area contributed by atoms with E-state index in [1.54, 1.807) is 24.3 Å². The van der Waals surface area contributed by atoms with E-state index >= 15 is 0 Å². The van der Waals surface area contributed by atoms with Crippen LogP contribution >= 0.6 is 0 Å². The molecule has 8 nitrogen and oxygen atoms in total. The molecule has 3 aromatic rings. The Morgan fingerprint density at radius 3 is 2.67 bits per heavy atom. The summed E-state index contributed by atoms with van der Waals surface area (Å²) >= 11 is 0. The van der Waals surface area contributed by atoms with E-state index < -0.39 is 13.0 Å². The van der Waals surface area contributed by atoms with Crippen LogP contribution in [0.3, 0.4) is 0 Å². The molecule has 0 radical (unpaired) electrons. The van der Waals surface area contributed by atoms with Gasteiger partial charge in [0.05, 0.1) is 5.69 Å². The Hall–Kier alpha value is -3.43. The number of fused-ring (bicyclic) bond motifs is 1. The predicted octanol–water partition coefficient (Wildman–Crippen LogP) is 2.07. The second-order valence-corrected chi connectivity index (χ2v) is 8.70. The average Bonchev–Trinajstić information content (AvgIpc) is 3.13. The van der Waals surface area contributed by atoms with Crippen molar-refractivity contribution in [2.24, 2.45) is 5.73 Å². The van der Waals surface area contributed by atoms with Gasteiger partial charge in [0.2, 0.25) is 11.9 Å². The third-order valence-corrected chi connectivity index (χ3v) is 5.88. The quantitative estimate of drug-likeness (QED) is 0.411. The van der Waals surface area contributed by atoms with Crippen LogP contribution in [0.1, 0.15) is 53.9 Å². The molecule has 33 heavy (non-hydrogen) atoms. The van der Waals surface area contributed by atoms with Crippen LogP contribution in [0.2, 0.25) is 0 Å². The smallest absolute Gasteiger partial charge is 0.423 e. The van der Waals surface area contributed by atoms with Crippen LogP contribution in [0.5, 0.6) is 0 Å². The fourth-order valence-electron chi connectivity index (χ4n) is 4.18. The van der Waals surface area contributed by atoms with Crippen LogP contribution in [-0.2, 0) is 13.0 Å². The number of amides is 1. The van der Waals surface area contributed by atoms with E-state index in [2.05, 4.69) is 31.0 Å². The number of carbonyl (C=O) groups is 1. The van der Waals surface area contributed by atoms with Gasteiger partial charge in [-0.05, 0) is 48.0 Å². The molecule has 2 aromatic carbocycles. The first-order valence-corrected chi connectivity index (χ1v) is 11.0. The van der Waals surface area contributed by atoms with Gasteiger partial charge in [-0.15, -0.1) is 0 Å². The number of anilines is 3. The Morgan fingerprint density at radius 1 is 1.21 bits per heavy atom. The molecule has 0 saturated heterocycles. The van der Waals surface area contributed by atoms with E-state index in [1.807, 2.05) is 24.3 Å². The largest absolute Gasteiger partial charge is 0.488 e. The third kappa shape index (κ3) is 4.69. The first-order chi connectivity index (χ1) is 15.7. The van der Waals surface area contributed by atoms with Crippen LogP contribution in [-0.4, -0.2) is 39.1 Å². The summed E-state index contributed by atoms with van der Waals surface area (Å²) in [5.74, 6) is 0.992. The number of nitrogens with one attached hydrogen (secondary N) is 1. The lowest BCUT2D eigenvalue weighted by atomic mass is 9.80. The van der Waals surface area contributed by atoms with Gasteiger partial charge in [-0.1, -0.05) is 44.2 Å². The molecule has 1 aliphatic rings. The summed E-state index contributed by atoms with van der Waals surface area (Å²) in [5.41, 5.74) is 10.2. The number of nitrogens with two attached hydrogens (primary N) is 1. The molecule has 9 heteroatoms. The van der Waals surface area contributed by atoms with Crippen molar-refractivity contribution in [2.75, 3.05) is 10.2 Å². The highest BCUT2D eigenvalue weighted by molar-refractivity contribution is 6.58. The van der Waals surface area contributed by atoms with Gasteiger partial charge >= 0.3 is 7.12 Å². The molecule has 1 aromatic heterocycles. The number of carbonyl (C=O) groups excluding carboxylic acids is 1. The minimum absolute atomic E-state index is 0.0680. The average molecular weight is 445 g/mol. The summed E-state index contributed by atoms with van der Waals surface area (Å²) in [6.45, 7) is 6.70. The monoisotopic (exact) mass is 445 g/mol. The molecule has 0 fully saturated rings. The molecular weight excluding hydrogens is 417 g/mol. The molecule has 170 valence electrons. The number of rotatable bonds is 7. The highest BCUT2D eigenvalue weighted by Crippen LogP contribution is 2.39. The molecule has 0 aliphatic carbocycles. The van der Waals surface area contributed by atoms with E-state index in [-0.39, 0.29) is 12.0 Å². The van der Waals surface area contributed by atoms with Crippen molar-refractivity contribution in [1.82, 2.24) is 9.97 Å². The Labute approximate surface area is 193 Å². The summed E-state index contributed by atoms with van der Waals surface area (Å²) < 4.78 is 0. The van der Waals surface area contributed by atoms with Gasteiger partial charge < -0.3 is 26.0 Å². The predicted molar refractivity (Wildman–Crippen MR) is 130 cm³/mol. The normalized spacial score (nSPS) is 15.0. The number of hydrogen-bond acceptors (Lipinski definition) is 7. The number of nitrogens with zero attached hydrogens (tertiary/aromatic N) is 3. The fourth-order valence-corrected chi connectivity index (χ4v) is 4.18. The van der Waals surface area contributed by atoms with E-state index in [0.717, 1.165) is 22.5 Å². The van der Waals surface area contributed by atoms with Crippen molar-refractivity contribution >= 4 is 35.9 Å². The molecule has 0 bridgehead atoms. The number of primary amides is 1. The van der Waals surface area contributed by atoms with Gasteiger partial charge in [-0.2, -0.15) is 4.98 Å². The first kappa shape index (κ1) is 22.8. The highest BCUT2D eigenvalue weighted by atomic mass is 16.4. The molecule has 1 amide bonds. The fraction of sp³-hybridized carbons (Fsp3) is 0.292. The standard InChI is InChI=1S/C24H28BN5O3/c1-14(2)20-12-22(27-13-16-6-4-7-17(11-16)25(32)33)29-24(28-20)30-15(3)10-19-18(23(26)31)8-5-9-21(19)30/h4-9,11-12,14-15,32-33H,10,13H2,1-3H3,(H2,26,31)(H,27,28,29). The summed E-state index contributed by atoms with van der Waals surface area (Å²) in [6.07, 6.45) is 0.683. The Kier molecular flexibility index (Phi) is 6.35. The zero-order chi connectivity index (χ0) is 23.7. The van der Waals surface area contributed by atoms with Crippen molar-refractivity contribution in [3.8, 4) is 0 Å². The van der Waals surface area contributed by atoms with Crippen molar-refractivity contribution in [1.29, 1.82) is 0 Å². The second-order valence-electron chi connectivity index (χ2n) is 8.70. The maximum absolute atomic E-state index is 11.9. The van der Waals surface area contributed by atoms with Crippen LogP contribution in [0.25, 0.3) is 0 Å². The SMILES string of the molecule is CC(C)c1cc(NCc2cccc(B(O)O)c2)nc(N2c3cccc(C(N)=O)c3CC2C)n1. The molecule has 1 aliphatic heterocycles. The maximum atomic E-state index is 11.9. The minimum Gasteiger partial charge on any atom is -0.423 e. The van der Waals surface area contributed by atoms with Gasteiger partial charge in [0.15, 0.2) is 0 Å². The van der Waals surface area contributed by atoms with Crippen LogP contribution in [0.4, 0.5) is 17.5 Å². The van der Waals surface area contributed by atoms with Crippen molar-refractivity contribution < 1.29 is 14.8 Å². The molecule has 0 saturated carbocycles. The van der Waals surface area contributed by atoms with Gasteiger partial charge in [0.1, 0.15) is 5.82 Å². The topological polar surface area (TPSA) is 125 Å². The molecule has 1 atom stereocenters. The van der Waals surface area contributed by atoms with E-state index in [0.29, 0.717) is 35.8 Å². The third-order valence-electron chi connectivity index (χ3n) is 5.88. The van der Waals surface area contributed by atoms with Crippen LogP contribution in [0.15, 0.2) is 48.5 Å². The van der Waals surface area contributed by atoms with Crippen molar-refractivity contribution in [2.45, 2.75) is 45.7 Å². The lowest BCUT2D eigenvalue weighted by Crippen LogP contribution is -2.30. The zero-order valence-corrected chi connectivity index (χ0v) is 19.0. The molecular formula is C24H28BN5O3. The van der Waals surface area contributed by atoms with E-state index in [9.17, 15) is 14.8 Å². The lowest BCUT2D eigenvalue weighted by molar-refractivity contribution is 0.0999. The second kappa shape index (κ2) is 9.21. The van der Waals surface area contributed by atoms with Gasteiger partial charge in [-0.3, -0.25) is 4.79 Å². The van der Waals surface area contributed by atoms with Gasteiger partial charge in [-0.25, -0.2) is 4.98 Å². The van der Waals surface area contributed by atoms with Crippen molar-refractivity contribution in [3.63, 3.8) is 0 Å².